The quantitative estimate of drug-likeness (QED) is 0.576. The summed E-state index contributed by atoms with van der Waals surface area (Å²) in [6.45, 7) is 7.87. The fourth-order valence-corrected chi connectivity index (χ4v) is 3.81. The second-order valence-electron chi connectivity index (χ2n) is 7.34. The lowest BCUT2D eigenvalue weighted by molar-refractivity contribution is -0.0209. The molecule has 1 aliphatic carbocycles. The molecule has 1 aromatic rings. The Morgan fingerprint density at radius 2 is 1.83 bits per heavy atom. The van der Waals surface area contributed by atoms with Crippen molar-refractivity contribution < 1.29 is 17.7 Å². The molecule has 1 aromatic carbocycles. The van der Waals surface area contributed by atoms with Crippen LogP contribution < -0.4 is 0 Å². The van der Waals surface area contributed by atoms with Gasteiger partial charge in [-0.1, -0.05) is 45.2 Å². The van der Waals surface area contributed by atoms with Gasteiger partial charge in [0.2, 0.25) is 0 Å². The molecule has 0 aromatic heterocycles. The highest BCUT2D eigenvalue weighted by Crippen LogP contribution is 2.19. The summed E-state index contributed by atoms with van der Waals surface area (Å²) in [5.41, 5.74) is 1.04. The van der Waals surface area contributed by atoms with Gasteiger partial charge in [0, 0.05) is 13.1 Å². The Hall–Kier alpha value is -1.57. The van der Waals surface area contributed by atoms with Crippen molar-refractivity contribution in [2.45, 2.75) is 69.5 Å². The molecule has 2 aliphatic rings. The first-order valence-electron chi connectivity index (χ1n) is 10.5. The Kier molecular flexibility index (Phi) is 9.97. The largest absolute Gasteiger partial charge is 0.353 e. The number of benzene rings is 1. The monoisotopic (exact) mass is 423 g/mol. The molecule has 3 rings (SSSR count). The van der Waals surface area contributed by atoms with Crippen molar-refractivity contribution in [2.24, 2.45) is 9.98 Å². The number of aliphatic imine (C=N–C) groups is 2. The van der Waals surface area contributed by atoms with E-state index >= 15 is 0 Å². The van der Waals surface area contributed by atoms with E-state index in [2.05, 4.69) is 27.8 Å². The van der Waals surface area contributed by atoms with Crippen molar-refractivity contribution in [1.82, 2.24) is 4.90 Å². The minimum atomic E-state index is -4.03. The molecule has 162 valence electrons. The maximum atomic E-state index is 10.6. The SMILES string of the molecule is CCN1CCOC(N=C=NC2CCCCC2)C1.CCc1ccc(S(=O)(=O)O)cc1. The molecule has 0 bridgehead atoms. The molecular formula is C21H33N3O4S. The lowest BCUT2D eigenvalue weighted by Gasteiger charge is -2.29. The minimum absolute atomic E-state index is 0.0558. The smallest absolute Gasteiger partial charge is 0.294 e. The van der Waals surface area contributed by atoms with Crippen LogP contribution in [-0.2, 0) is 21.3 Å². The second-order valence-corrected chi connectivity index (χ2v) is 8.76. The van der Waals surface area contributed by atoms with Crippen LogP contribution in [0.5, 0.6) is 0 Å². The molecule has 1 unspecified atom stereocenters. The average molecular weight is 424 g/mol. The predicted octanol–water partition coefficient (Wildman–Crippen LogP) is 3.67. The van der Waals surface area contributed by atoms with Gasteiger partial charge in [0.1, 0.15) is 0 Å². The van der Waals surface area contributed by atoms with Crippen LogP contribution in [0, 0.1) is 0 Å². The van der Waals surface area contributed by atoms with Crippen LogP contribution in [0.3, 0.4) is 0 Å². The van der Waals surface area contributed by atoms with Gasteiger partial charge in [-0.2, -0.15) is 13.4 Å². The molecule has 1 aliphatic heterocycles. The predicted molar refractivity (Wildman–Crippen MR) is 114 cm³/mol. The van der Waals surface area contributed by atoms with E-state index in [0.717, 1.165) is 38.2 Å². The van der Waals surface area contributed by atoms with Gasteiger partial charge in [0.15, 0.2) is 6.23 Å². The molecule has 8 heteroatoms. The lowest BCUT2D eigenvalue weighted by atomic mass is 9.96. The zero-order valence-electron chi connectivity index (χ0n) is 17.5. The molecule has 1 atom stereocenters. The summed E-state index contributed by atoms with van der Waals surface area (Å²) >= 11 is 0. The van der Waals surface area contributed by atoms with Gasteiger partial charge in [-0.3, -0.25) is 9.45 Å². The Labute approximate surface area is 174 Å². The molecule has 0 spiro atoms. The van der Waals surface area contributed by atoms with Crippen LogP contribution in [0.15, 0.2) is 39.1 Å². The number of hydrogen-bond donors (Lipinski definition) is 1. The minimum Gasteiger partial charge on any atom is -0.353 e. The highest BCUT2D eigenvalue weighted by Gasteiger charge is 2.17. The third-order valence-corrected chi connectivity index (χ3v) is 6.09. The number of morpholine rings is 1. The zero-order valence-corrected chi connectivity index (χ0v) is 18.3. The second kappa shape index (κ2) is 12.2. The van der Waals surface area contributed by atoms with Crippen LogP contribution in [-0.4, -0.2) is 62.4 Å². The van der Waals surface area contributed by atoms with Gasteiger partial charge in [-0.15, -0.1) is 0 Å². The number of likely N-dealkylation sites (N-methyl/N-ethyl adjacent to an activating group) is 1. The van der Waals surface area contributed by atoms with E-state index in [0.29, 0.717) is 6.04 Å². The fraction of sp³-hybridized carbons (Fsp3) is 0.667. The standard InChI is InChI=1S/C13H23N3O.C8H10O3S/c1-2-16-8-9-17-13(10-16)15-11-14-12-6-4-3-5-7-12;1-2-7-3-5-8(6-4-7)12(9,10)11/h12-13H,2-10H2,1H3;3-6H,2H2,1H3,(H,9,10,11). The van der Waals surface area contributed by atoms with Crippen molar-refractivity contribution in [3.8, 4) is 0 Å². The Morgan fingerprint density at radius 1 is 1.14 bits per heavy atom. The van der Waals surface area contributed by atoms with E-state index in [4.69, 9.17) is 9.29 Å². The highest BCUT2D eigenvalue weighted by molar-refractivity contribution is 7.85. The summed E-state index contributed by atoms with van der Waals surface area (Å²) in [5, 5.41) is 0. The highest BCUT2D eigenvalue weighted by atomic mass is 32.2. The Balaban J connectivity index is 0.000000221. The summed E-state index contributed by atoms with van der Waals surface area (Å²) in [6, 6.07) is 9.49. The van der Waals surface area contributed by atoms with E-state index in [-0.39, 0.29) is 11.1 Å². The molecule has 1 saturated carbocycles. The zero-order chi connectivity index (χ0) is 21.1. The summed E-state index contributed by atoms with van der Waals surface area (Å²) in [6.07, 6.45) is 7.17. The molecule has 2 fully saturated rings. The summed E-state index contributed by atoms with van der Waals surface area (Å²) in [4.78, 5) is 11.0. The van der Waals surface area contributed by atoms with E-state index in [1.54, 1.807) is 12.1 Å². The number of aryl methyl sites for hydroxylation is 1. The van der Waals surface area contributed by atoms with Crippen molar-refractivity contribution in [1.29, 1.82) is 0 Å². The van der Waals surface area contributed by atoms with Crippen LogP contribution >= 0.6 is 0 Å². The van der Waals surface area contributed by atoms with Crippen molar-refractivity contribution >= 4 is 16.1 Å². The first kappa shape index (κ1) is 23.7. The molecule has 1 saturated heterocycles. The van der Waals surface area contributed by atoms with E-state index in [9.17, 15) is 8.42 Å². The maximum Gasteiger partial charge on any atom is 0.294 e. The molecular weight excluding hydrogens is 390 g/mol. The summed E-state index contributed by atoms with van der Waals surface area (Å²) < 4.78 is 35.4. The van der Waals surface area contributed by atoms with Crippen LogP contribution in [0.25, 0.3) is 0 Å². The lowest BCUT2D eigenvalue weighted by Crippen LogP contribution is -2.41. The third kappa shape index (κ3) is 8.76. The first-order chi connectivity index (χ1) is 13.9. The molecule has 1 N–H and O–H groups in total. The van der Waals surface area contributed by atoms with Crippen LogP contribution in [0.1, 0.15) is 51.5 Å². The molecule has 29 heavy (non-hydrogen) atoms. The van der Waals surface area contributed by atoms with E-state index in [1.807, 2.05) is 6.92 Å². The Morgan fingerprint density at radius 3 is 2.41 bits per heavy atom. The Bertz CT molecular complexity index is 768. The van der Waals surface area contributed by atoms with E-state index in [1.165, 1.54) is 44.2 Å². The third-order valence-electron chi connectivity index (χ3n) is 5.23. The van der Waals surface area contributed by atoms with Crippen molar-refractivity contribution in [3.63, 3.8) is 0 Å². The fourth-order valence-electron chi connectivity index (χ4n) is 3.33. The van der Waals surface area contributed by atoms with Crippen LogP contribution in [0.2, 0.25) is 0 Å². The van der Waals surface area contributed by atoms with Gasteiger partial charge in [0.05, 0.1) is 23.6 Å². The van der Waals surface area contributed by atoms with Gasteiger partial charge >= 0.3 is 0 Å². The van der Waals surface area contributed by atoms with Crippen molar-refractivity contribution in [2.75, 3.05) is 26.2 Å². The average Bonchev–Trinajstić information content (AvgIpc) is 2.74. The topological polar surface area (TPSA) is 91.6 Å². The normalized spacial score (nSPS) is 20.9. The summed E-state index contributed by atoms with van der Waals surface area (Å²) in [7, 11) is -4.03. The molecule has 1 heterocycles. The van der Waals surface area contributed by atoms with Crippen LogP contribution in [0.4, 0.5) is 0 Å². The molecule has 0 radical (unpaired) electrons. The van der Waals surface area contributed by atoms with E-state index < -0.39 is 10.1 Å². The number of hydrogen-bond acceptors (Lipinski definition) is 6. The molecule has 7 nitrogen and oxygen atoms in total. The maximum absolute atomic E-state index is 10.6. The number of ether oxygens (including phenoxy) is 1. The summed E-state index contributed by atoms with van der Waals surface area (Å²) in [5.74, 6) is 0. The van der Waals surface area contributed by atoms with Gasteiger partial charge < -0.3 is 4.74 Å². The van der Waals surface area contributed by atoms with Crippen molar-refractivity contribution in [3.05, 3.63) is 29.8 Å². The number of nitrogens with zero attached hydrogens (tertiary/aromatic N) is 3. The first-order valence-corrected chi connectivity index (χ1v) is 11.9. The van der Waals surface area contributed by atoms with Gasteiger partial charge in [-0.25, -0.2) is 4.99 Å². The van der Waals surface area contributed by atoms with Gasteiger partial charge in [0.25, 0.3) is 10.1 Å². The van der Waals surface area contributed by atoms with Gasteiger partial charge in [-0.05, 0) is 43.5 Å². The molecule has 0 amide bonds. The number of rotatable bonds is 5.